The molecule has 0 saturated heterocycles. The maximum Gasteiger partial charge on any atom is 0.191 e. The first kappa shape index (κ1) is 12.3. The Morgan fingerprint density at radius 1 is 1.33 bits per heavy atom. The van der Waals surface area contributed by atoms with Crippen LogP contribution in [-0.2, 0) is 0 Å². The molecule has 4 heteroatoms. The SMILES string of the molecule is CCC(=CP(O)O)C(O)c1ccccc1. The van der Waals surface area contributed by atoms with Crippen molar-refractivity contribution in [3.05, 3.63) is 47.3 Å². The predicted molar refractivity (Wildman–Crippen MR) is 61.1 cm³/mol. The van der Waals surface area contributed by atoms with Crippen LogP contribution in [0.15, 0.2) is 41.7 Å². The summed E-state index contributed by atoms with van der Waals surface area (Å²) in [6.45, 7) is 1.87. The van der Waals surface area contributed by atoms with E-state index in [1.165, 1.54) is 5.82 Å². The third-order valence-electron chi connectivity index (χ3n) is 2.16. The van der Waals surface area contributed by atoms with E-state index in [4.69, 9.17) is 9.79 Å². The Balaban J connectivity index is 2.87. The fourth-order valence-corrected chi connectivity index (χ4v) is 1.97. The monoisotopic (exact) mass is 226 g/mol. The second-order valence-electron chi connectivity index (χ2n) is 3.19. The molecule has 0 bridgehead atoms. The van der Waals surface area contributed by atoms with E-state index in [0.717, 1.165) is 5.56 Å². The summed E-state index contributed by atoms with van der Waals surface area (Å²) in [6.07, 6.45) is -0.156. The van der Waals surface area contributed by atoms with E-state index in [9.17, 15) is 5.11 Å². The summed E-state index contributed by atoms with van der Waals surface area (Å²) in [6, 6.07) is 9.17. The lowest BCUT2D eigenvalue weighted by Crippen LogP contribution is -2.00. The van der Waals surface area contributed by atoms with Gasteiger partial charge in [-0.05, 0) is 23.4 Å². The third kappa shape index (κ3) is 3.73. The van der Waals surface area contributed by atoms with E-state index in [-0.39, 0.29) is 0 Å². The number of aliphatic hydroxyl groups excluding tert-OH is 1. The van der Waals surface area contributed by atoms with Crippen LogP contribution in [0, 0.1) is 0 Å². The Morgan fingerprint density at radius 3 is 2.40 bits per heavy atom. The average Bonchev–Trinajstić information content (AvgIpc) is 2.26. The largest absolute Gasteiger partial charge is 0.384 e. The quantitative estimate of drug-likeness (QED) is 0.690. The first-order valence-electron chi connectivity index (χ1n) is 4.75. The van der Waals surface area contributed by atoms with E-state index < -0.39 is 14.5 Å². The summed E-state index contributed by atoms with van der Waals surface area (Å²) in [7, 11) is -2.09. The molecule has 0 fully saturated rings. The van der Waals surface area contributed by atoms with Crippen molar-refractivity contribution in [2.75, 3.05) is 0 Å². The van der Waals surface area contributed by atoms with Gasteiger partial charge < -0.3 is 14.9 Å². The first-order chi connectivity index (χ1) is 7.15. The number of hydrogen-bond acceptors (Lipinski definition) is 3. The molecule has 1 aromatic carbocycles. The van der Waals surface area contributed by atoms with Crippen molar-refractivity contribution < 1.29 is 14.9 Å². The van der Waals surface area contributed by atoms with Crippen molar-refractivity contribution in [3.8, 4) is 0 Å². The highest BCUT2D eigenvalue weighted by Gasteiger charge is 2.12. The molecule has 0 aliphatic rings. The maximum atomic E-state index is 9.95. The maximum absolute atomic E-state index is 9.95. The van der Waals surface area contributed by atoms with Crippen LogP contribution in [0.2, 0.25) is 0 Å². The van der Waals surface area contributed by atoms with Gasteiger partial charge in [0, 0.05) is 0 Å². The van der Waals surface area contributed by atoms with Gasteiger partial charge in [0.15, 0.2) is 8.38 Å². The summed E-state index contributed by atoms with van der Waals surface area (Å²) < 4.78 is 0. The van der Waals surface area contributed by atoms with Gasteiger partial charge in [0.2, 0.25) is 0 Å². The van der Waals surface area contributed by atoms with Crippen LogP contribution >= 0.6 is 8.38 Å². The molecule has 1 rings (SSSR count). The summed E-state index contributed by atoms with van der Waals surface area (Å²) in [5.41, 5.74) is 1.40. The molecular formula is C11H15O3P. The zero-order chi connectivity index (χ0) is 11.3. The van der Waals surface area contributed by atoms with Crippen LogP contribution in [0.4, 0.5) is 0 Å². The van der Waals surface area contributed by atoms with Crippen molar-refractivity contribution in [1.29, 1.82) is 0 Å². The molecule has 3 nitrogen and oxygen atoms in total. The van der Waals surface area contributed by atoms with Crippen molar-refractivity contribution in [3.63, 3.8) is 0 Å². The lowest BCUT2D eigenvalue weighted by atomic mass is 10.0. The van der Waals surface area contributed by atoms with E-state index in [2.05, 4.69) is 0 Å². The molecule has 1 atom stereocenters. The summed E-state index contributed by atoms with van der Waals surface area (Å²) in [5, 5.41) is 9.95. The molecule has 1 aromatic rings. The molecule has 0 heterocycles. The molecule has 1 unspecified atom stereocenters. The average molecular weight is 226 g/mol. The molecule has 3 N–H and O–H groups in total. The Morgan fingerprint density at radius 2 is 1.93 bits per heavy atom. The molecular weight excluding hydrogens is 211 g/mol. The fraction of sp³-hybridized carbons (Fsp3) is 0.273. The highest BCUT2D eigenvalue weighted by Crippen LogP contribution is 2.33. The van der Waals surface area contributed by atoms with Gasteiger partial charge in [-0.2, -0.15) is 0 Å². The van der Waals surface area contributed by atoms with Gasteiger partial charge in [-0.25, -0.2) is 0 Å². The zero-order valence-electron chi connectivity index (χ0n) is 8.54. The molecule has 82 valence electrons. The third-order valence-corrected chi connectivity index (χ3v) is 2.72. The van der Waals surface area contributed by atoms with Crippen molar-refractivity contribution in [1.82, 2.24) is 0 Å². The van der Waals surface area contributed by atoms with E-state index >= 15 is 0 Å². The van der Waals surface area contributed by atoms with Gasteiger partial charge in [-0.15, -0.1) is 0 Å². The highest BCUT2D eigenvalue weighted by molar-refractivity contribution is 7.48. The van der Waals surface area contributed by atoms with Crippen LogP contribution in [0.1, 0.15) is 25.0 Å². The Hall–Kier alpha value is -0.730. The summed E-state index contributed by atoms with van der Waals surface area (Å²) >= 11 is 0. The molecule has 0 amide bonds. The highest BCUT2D eigenvalue weighted by atomic mass is 31.2. The molecule has 0 spiro atoms. The number of aliphatic hydroxyl groups is 1. The van der Waals surface area contributed by atoms with Gasteiger partial charge in [-0.1, -0.05) is 37.3 Å². The molecule has 15 heavy (non-hydrogen) atoms. The molecule has 0 aromatic heterocycles. The lowest BCUT2D eigenvalue weighted by molar-refractivity contribution is 0.212. The standard InChI is InChI=1S/C11H15O3P/c1-2-9(8-15(13)14)11(12)10-6-4-3-5-7-10/h3-8,11-14H,2H2,1H3. The van der Waals surface area contributed by atoms with E-state index in [1.54, 1.807) is 0 Å². The van der Waals surface area contributed by atoms with Gasteiger partial charge in [0.1, 0.15) is 6.10 Å². The normalized spacial score (nSPS) is 14.3. The van der Waals surface area contributed by atoms with Gasteiger partial charge in [-0.3, -0.25) is 0 Å². The fourth-order valence-electron chi connectivity index (χ4n) is 1.35. The van der Waals surface area contributed by atoms with E-state index in [1.807, 2.05) is 37.3 Å². The minimum atomic E-state index is -2.09. The Kier molecular flexibility index (Phi) is 4.92. The van der Waals surface area contributed by atoms with Gasteiger partial charge in [0.05, 0.1) is 0 Å². The summed E-state index contributed by atoms with van der Waals surface area (Å²) in [5.74, 6) is 1.33. The van der Waals surface area contributed by atoms with Crippen LogP contribution < -0.4 is 0 Å². The second-order valence-corrected chi connectivity index (χ2v) is 4.09. The smallest absolute Gasteiger partial charge is 0.191 e. The van der Waals surface area contributed by atoms with Crippen molar-refractivity contribution in [2.24, 2.45) is 0 Å². The lowest BCUT2D eigenvalue weighted by Gasteiger charge is -2.14. The van der Waals surface area contributed by atoms with E-state index in [0.29, 0.717) is 12.0 Å². The minimum absolute atomic E-state index is 0.593. The van der Waals surface area contributed by atoms with Crippen molar-refractivity contribution >= 4 is 8.38 Å². The van der Waals surface area contributed by atoms with Gasteiger partial charge >= 0.3 is 0 Å². The first-order valence-corrected chi connectivity index (χ1v) is 6.07. The molecule has 0 aliphatic carbocycles. The predicted octanol–water partition coefficient (Wildman–Crippen LogP) is 2.31. The van der Waals surface area contributed by atoms with Gasteiger partial charge in [0.25, 0.3) is 0 Å². The number of benzene rings is 1. The second kappa shape index (κ2) is 5.99. The topological polar surface area (TPSA) is 60.7 Å². The Bertz CT molecular complexity index is 322. The molecule has 0 aliphatic heterocycles. The minimum Gasteiger partial charge on any atom is -0.384 e. The number of hydrogen-bond donors (Lipinski definition) is 3. The zero-order valence-corrected chi connectivity index (χ0v) is 9.43. The van der Waals surface area contributed by atoms with Crippen LogP contribution in [0.25, 0.3) is 0 Å². The Labute approximate surface area is 90.6 Å². The van der Waals surface area contributed by atoms with Crippen molar-refractivity contribution in [2.45, 2.75) is 19.4 Å². The van der Waals surface area contributed by atoms with Crippen LogP contribution in [-0.4, -0.2) is 14.9 Å². The summed E-state index contributed by atoms with van der Waals surface area (Å²) in [4.78, 5) is 17.8. The van der Waals surface area contributed by atoms with Crippen LogP contribution in [0.3, 0.4) is 0 Å². The van der Waals surface area contributed by atoms with Crippen LogP contribution in [0.5, 0.6) is 0 Å². The molecule has 0 radical (unpaired) electrons. The molecule has 0 saturated carbocycles. The number of rotatable bonds is 4.